The molecule has 0 saturated carbocycles. The van der Waals surface area contributed by atoms with Gasteiger partial charge in [-0.2, -0.15) is 0 Å². The van der Waals surface area contributed by atoms with Crippen LogP contribution >= 0.6 is 0 Å². The highest BCUT2D eigenvalue weighted by atomic mass is 16.5. The van der Waals surface area contributed by atoms with Crippen LogP contribution in [0.5, 0.6) is 11.5 Å². The monoisotopic (exact) mass is 257 g/mol. The molecule has 0 aliphatic rings. The van der Waals surface area contributed by atoms with Crippen LogP contribution in [0.15, 0.2) is 36.8 Å². The van der Waals surface area contributed by atoms with Gasteiger partial charge in [0, 0.05) is 17.7 Å². The fourth-order valence-electron chi connectivity index (χ4n) is 1.66. The third kappa shape index (κ3) is 3.31. The van der Waals surface area contributed by atoms with Gasteiger partial charge in [0.15, 0.2) is 5.69 Å². The van der Waals surface area contributed by atoms with Crippen LogP contribution in [0.1, 0.15) is 11.3 Å². The minimum Gasteiger partial charge on any atom is -0.497 e. The highest BCUT2D eigenvalue weighted by molar-refractivity contribution is 5.71. The molecular formula is C15H17N2O2+. The van der Waals surface area contributed by atoms with Crippen LogP contribution in [-0.2, 0) is 7.05 Å². The lowest BCUT2D eigenvalue weighted by Gasteiger charge is -2.06. The molecule has 0 amide bonds. The largest absolute Gasteiger partial charge is 0.497 e. The lowest BCUT2D eigenvalue weighted by molar-refractivity contribution is -0.674. The summed E-state index contributed by atoms with van der Waals surface area (Å²) in [5.41, 5.74) is 1.88. The Morgan fingerprint density at radius 2 is 1.95 bits per heavy atom. The zero-order valence-corrected chi connectivity index (χ0v) is 11.3. The summed E-state index contributed by atoms with van der Waals surface area (Å²) in [6.45, 7) is 0. The van der Waals surface area contributed by atoms with E-state index in [2.05, 4.69) is 4.98 Å². The average molecular weight is 257 g/mol. The quantitative estimate of drug-likeness (QED) is 0.787. The SMILES string of the molecule is COc1ccc(/C=C/c2cc[n+](C)cn2)c(OC)c1. The fourth-order valence-corrected chi connectivity index (χ4v) is 1.66. The number of methoxy groups -OCH3 is 2. The van der Waals surface area contributed by atoms with Crippen LogP contribution in [0.25, 0.3) is 12.2 Å². The van der Waals surface area contributed by atoms with Gasteiger partial charge in [-0.15, -0.1) is 0 Å². The van der Waals surface area contributed by atoms with Gasteiger partial charge in [0.25, 0.3) is 6.33 Å². The number of nitrogens with zero attached hydrogens (tertiary/aromatic N) is 2. The molecule has 0 aliphatic carbocycles. The predicted molar refractivity (Wildman–Crippen MR) is 73.9 cm³/mol. The van der Waals surface area contributed by atoms with Crippen LogP contribution < -0.4 is 14.0 Å². The molecule has 1 heterocycles. The van der Waals surface area contributed by atoms with Crippen LogP contribution in [0.3, 0.4) is 0 Å². The molecule has 4 nitrogen and oxygen atoms in total. The first-order valence-corrected chi connectivity index (χ1v) is 5.94. The number of hydrogen-bond acceptors (Lipinski definition) is 3. The molecule has 19 heavy (non-hydrogen) atoms. The summed E-state index contributed by atoms with van der Waals surface area (Å²) in [7, 11) is 5.22. The van der Waals surface area contributed by atoms with Gasteiger partial charge in [-0.1, -0.05) is 0 Å². The molecule has 0 spiro atoms. The molecule has 1 aromatic heterocycles. The van der Waals surface area contributed by atoms with E-state index in [1.165, 1.54) is 0 Å². The topological polar surface area (TPSA) is 35.2 Å². The third-order valence-electron chi connectivity index (χ3n) is 2.74. The second kappa shape index (κ2) is 6.00. The third-order valence-corrected chi connectivity index (χ3v) is 2.74. The molecule has 2 aromatic rings. The molecule has 98 valence electrons. The zero-order valence-electron chi connectivity index (χ0n) is 11.3. The average Bonchev–Trinajstić information content (AvgIpc) is 2.46. The zero-order chi connectivity index (χ0) is 13.7. The maximum absolute atomic E-state index is 5.34. The summed E-state index contributed by atoms with van der Waals surface area (Å²) in [4.78, 5) is 4.29. The smallest absolute Gasteiger partial charge is 0.286 e. The van der Waals surface area contributed by atoms with Crippen LogP contribution in [0.4, 0.5) is 0 Å². The van der Waals surface area contributed by atoms with Gasteiger partial charge in [-0.05, 0) is 29.3 Å². The number of aromatic nitrogens is 2. The second-order valence-electron chi connectivity index (χ2n) is 4.09. The number of rotatable bonds is 4. The minimum atomic E-state index is 0.775. The number of benzene rings is 1. The summed E-state index contributed by atoms with van der Waals surface area (Å²) in [5, 5.41) is 0. The Hall–Kier alpha value is -2.36. The summed E-state index contributed by atoms with van der Waals surface area (Å²) >= 11 is 0. The van der Waals surface area contributed by atoms with Crippen molar-refractivity contribution in [1.82, 2.24) is 4.98 Å². The van der Waals surface area contributed by atoms with E-state index in [0.717, 1.165) is 22.8 Å². The van der Waals surface area contributed by atoms with Crippen molar-refractivity contribution >= 4 is 12.2 Å². The van der Waals surface area contributed by atoms with Crippen LogP contribution in [0.2, 0.25) is 0 Å². The van der Waals surface area contributed by atoms with Crippen molar-refractivity contribution < 1.29 is 14.0 Å². The maximum atomic E-state index is 5.34. The standard InChI is InChI=1S/C15H17N2O2/c1-17-9-8-13(16-11-17)6-4-12-5-7-14(18-2)10-15(12)19-3/h4-11H,1-3H3/q+1/b6-4+. The summed E-state index contributed by atoms with van der Waals surface area (Å²) < 4.78 is 12.4. The van der Waals surface area contributed by atoms with Gasteiger partial charge in [-0.3, -0.25) is 0 Å². The molecule has 0 bridgehead atoms. The summed E-state index contributed by atoms with van der Waals surface area (Å²) in [6, 6.07) is 7.67. The first-order valence-electron chi connectivity index (χ1n) is 5.94. The van der Waals surface area contributed by atoms with Gasteiger partial charge in [0.05, 0.1) is 27.5 Å². The van der Waals surface area contributed by atoms with Crippen LogP contribution in [0, 0.1) is 0 Å². The van der Waals surface area contributed by atoms with E-state index in [1.54, 1.807) is 20.5 Å². The number of hydrogen-bond donors (Lipinski definition) is 0. The van der Waals surface area contributed by atoms with Gasteiger partial charge in [-0.25, -0.2) is 4.57 Å². The van der Waals surface area contributed by atoms with E-state index in [9.17, 15) is 0 Å². The van der Waals surface area contributed by atoms with E-state index in [-0.39, 0.29) is 0 Å². The molecule has 0 N–H and O–H groups in total. The minimum absolute atomic E-state index is 0.775. The lowest BCUT2D eigenvalue weighted by atomic mass is 10.1. The van der Waals surface area contributed by atoms with E-state index < -0.39 is 0 Å². The summed E-state index contributed by atoms with van der Waals surface area (Å²) in [5.74, 6) is 1.55. The molecule has 0 unspecified atom stereocenters. The highest BCUT2D eigenvalue weighted by Gasteiger charge is 2.03. The Bertz CT molecular complexity index is 577. The van der Waals surface area contributed by atoms with E-state index in [1.807, 2.05) is 54.2 Å². The Balaban J connectivity index is 2.25. The molecule has 2 rings (SSSR count). The van der Waals surface area contributed by atoms with Crippen molar-refractivity contribution in [3.8, 4) is 11.5 Å². The van der Waals surface area contributed by atoms with Crippen molar-refractivity contribution in [3.05, 3.63) is 48.0 Å². The number of aryl methyl sites for hydroxylation is 1. The lowest BCUT2D eigenvalue weighted by Crippen LogP contribution is -2.27. The second-order valence-corrected chi connectivity index (χ2v) is 4.09. The van der Waals surface area contributed by atoms with E-state index in [0.29, 0.717) is 0 Å². The molecule has 4 heteroatoms. The molecule has 0 radical (unpaired) electrons. The van der Waals surface area contributed by atoms with Gasteiger partial charge in [0.1, 0.15) is 11.5 Å². The maximum Gasteiger partial charge on any atom is 0.286 e. The molecule has 0 fully saturated rings. The van der Waals surface area contributed by atoms with Crippen molar-refractivity contribution in [2.45, 2.75) is 0 Å². The Kier molecular flexibility index (Phi) is 4.13. The highest BCUT2D eigenvalue weighted by Crippen LogP contribution is 2.25. The van der Waals surface area contributed by atoms with Crippen molar-refractivity contribution in [2.24, 2.45) is 7.05 Å². The number of ether oxygens (including phenoxy) is 2. The Morgan fingerprint density at radius 3 is 2.58 bits per heavy atom. The molecule has 0 saturated heterocycles. The van der Waals surface area contributed by atoms with Crippen molar-refractivity contribution in [1.29, 1.82) is 0 Å². The van der Waals surface area contributed by atoms with Crippen molar-refractivity contribution in [2.75, 3.05) is 14.2 Å². The van der Waals surface area contributed by atoms with Gasteiger partial charge >= 0.3 is 0 Å². The Labute approximate surface area is 112 Å². The van der Waals surface area contributed by atoms with Gasteiger partial charge in [0.2, 0.25) is 0 Å². The molecule has 0 atom stereocenters. The first-order chi connectivity index (χ1) is 9.22. The first kappa shape index (κ1) is 13.1. The molecule has 1 aromatic carbocycles. The molecular weight excluding hydrogens is 240 g/mol. The van der Waals surface area contributed by atoms with Gasteiger partial charge < -0.3 is 9.47 Å². The predicted octanol–water partition coefficient (Wildman–Crippen LogP) is 2.09. The van der Waals surface area contributed by atoms with E-state index >= 15 is 0 Å². The van der Waals surface area contributed by atoms with Crippen LogP contribution in [-0.4, -0.2) is 19.2 Å². The fraction of sp³-hybridized carbons (Fsp3) is 0.200. The Morgan fingerprint density at radius 1 is 1.11 bits per heavy atom. The normalized spacial score (nSPS) is 10.7. The molecule has 0 aliphatic heterocycles. The van der Waals surface area contributed by atoms with Crippen molar-refractivity contribution in [3.63, 3.8) is 0 Å². The van der Waals surface area contributed by atoms with E-state index in [4.69, 9.17) is 9.47 Å². The summed E-state index contributed by atoms with van der Waals surface area (Å²) in [6.07, 6.45) is 7.65.